The molecule has 0 saturated heterocycles. The number of rotatable bonds is 4. The van der Waals surface area contributed by atoms with Crippen LogP contribution in [-0.4, -0.2) is 32.3 Å². The average molecular weight is 421 g/mol. The zero-order valence-corrected chi connectivity index (χ0v) is 23.7. The van der Waals surface area contributed by atoms with E-state index in [1.807, 2.05) is 0 Å². The van der Waals surface area contributed by atoms with Gasteiger partial charge in [-0.05, 0) is 35.1 Å². The predicted octanol–water partition coefficient (Wildman–Crippen LogP) is 8.00. The molecule has 26 heavy (non-hydrogen) atoms. The van der Waals surface area contributed by atoms with Gasteiger partial charge in [0.1, 0.15) is 0 Å². The van der Waals surface area contributed by atoms with E-state index in [9.17, 15) is 0 Å². The molecule has 0 aromatic carbocycles. The van der Waals surface area contributed by atoms with Crippen LogP contribution in [-0.2, 0) is 0 Å². The Balaban J connectivity index is 3.58. The monoisotopic (exact) mass is 420 g/mol. The molecule has 0 bridgehead atoms. The molecule has 1 aliphatic rings. The summed E-state index contributed by atoms with van der Waals surface area (Å²) in [4.78, 5) is 0. The molecule has 0 aromatic heterocycles. The van der Waals surface area contributed by atoms with Crippen molar-refractivity contribution in [2.45, 2.75) is 91.4 Å². The summed E-state index contributed by atoms with van der Waals surface area (Å²) in [7, 11) is -4.93. The largest absolute Gasteiger partial charge is 0.0913 e. The lowest BCUT2D eigenvalue weighted by Crippen LogP contribution is -2.25. The van der Waals surface area contributed by atoms with Crippen LogP contribution >= 0.6 is 0 Å². The van der Waals surface area contributed by atoms with Crippen molar-refractivity contribution < 1.29 is 0 Å². The summed E-state index contributed by atoms with van der Waals surface area (Å²) in [5.41, 5.74) is 17.4. The maximum atomic E-state index is 2.68. The fourth-order valence-electron chi connectivity index (χ4n) is 3.53. The lowest BCUT2D eigenvalue weighted by atomic mass is 9.85. The van der Waals surface area contributed by atoms with Gasteiger partial charge >= 0.3 is 0 Å². The van der Waals surface area contributed by atoms with Crippen LogP contribution in [0, 0.1) is 0 Å². The van der Waals surface area contributed by atoms with Gasteiger partial charge in [0.2, 0.25) is 0 Å². The maximum absolute atomic E-state index is 2.68. The van der Waals surface area contributed by atoms with Crippen molar-refractivity contribution in [3.8, 4) is 0 Å². The van der Waals surface area contributed by atoms with Crippen molar-refractivity contribution >= 4 is 32.3 Å². The molecule has 1 saturated carbocycles. The number of hydrogen-bond donors (Lipinski definition) is 0. The molecule has 0 aliphatic heterocycles. The second kappa shape index (κ2) is 8.06. The highest BCUT2D eigenvalue weighted by Gasteiger charge is 2.27. The van der Waals surface area contributed by atoms with Crippen LogP contribution in [0.25, 0.3) is 0 Å². The molecule has 4 heteroatoms. The summed E-state index contributed by atoms with van der Waals surface area (Å²) in [5, 5.41) is 0. The second-order valence-corrected chi connectivity index (χ2v) is 32.6. The Morgan fingerprint density at radius 2 is 0.538 bits per heavy atom. The van der Waals surface area contributed by atoms with Crippen molar-refractivity contribution in [2.24, 2.45) is 0 Å². The smallest absolute Gasteiger partial charge is 0.0690 e. The first-order valence-corrected chi connectivity index (χ1v) is 24.5. The zero-order chi connectivity index (χ0) is 20.6. The minimum Gasteiger partial charge on any atom is -0.0913 e. The lowest BCUT2D eigenvalue weighted by Gasteiger charge is -2.31. The first-order chi connectivity index (χ1) is 11.3. The Morgan fingerprint density at radius 1 is 0.385 bits per heavy atom. The minimum atomic E-state index is -1.23. The quantitative estimate of drug-likeness (QED) is 0.404. The van der Waals surface area contributed by atoms with Crippen LogP contribution in [0.3, 0.4) is 0 Å². The van der Waals surface area contributed by atoms with E-state index in [2.05, 4.69) is 101 Å². The Morgan fingerprint density at radius 3 is 0.654 bits per heavy atom. The van der Waals surface area contributed by atoms with Crippen molar-refractivity contribution in [1.29, 1.82) is 0 Å². The Hall–Kier alpha value is -0.172. The summed E-state index contributed by atoms with van der Waals surface area (Å²) in [6, 6.07) is 0. The molecule has 148 valence electrons. The van der Waals surface area contributed by atoms with Crippen molar-refractivity contribution in [1.82, 2.24) is 0 Å². The van der Waals surface area contributed by atoms with E-state index in [1.54, 1.807) is 22.3 Å². The van der Waals surface area contributed by atoms with Gasteiger partial charge in [-0.2, -0.15) is 0 Å². The van der Waals surface area contributed by atoms with Gasteiger partial charge in [-0.3, -0.25) is 0 Å². The molecule has 0 N–H and O–H groups in total. The van der Waals surface area contributed by atoms with Gasteiger partial charge in [-0.1, -0.05) is 101 Å². The van der Waals surface area contributed by atoms with E-state index in [0.717, 1.165) is 0 Å². The van der Waals surface area contributed by atoms with Crippen LogP contribution in [0.5, 0.6) is 0 Å². The number of hydrogen-bond acceptors (Lipinski definition) is 0. The van der Waals surface area contributed by atoms with E-state index in [0.29, 0.717) is 0 Å². The van der Waals surface area contributed by atoms with Crippen molar-refractivity contribution in [2.75, 3.05) is 0 Å². The van der Waals surface area contributed by atoms with E-state index in [1.165, 1.54) is 12.8 Å². The lowest BCUT2D eigenvalue weighted by molar-refractivity contribution is 0.978. The maximum Gasteiger partial charge on any atom is 0.0690 e. The standard InChI is InChI=1S/C22H44Si4/c1-23(2,3)15-19-13-21(17-25(7,8)9)22(18-26(10,11)12)14-20(19)16-24(4,5)6/h15-18H,13-14H2,1-12H3. The molecule has 0 unspecified atom stereocenters. The Labute approximate surface area is 168 Å². The third-order valence-electron chi connectivity index (χ3n) is 4.02. The topological polar surface area (TPSA) is 0 Å². The average Bonchev–Trinajstić information content (AvgIpc) is 2.26. The van der Waals surface area contributed by atoms with E-state index < -0.39 is 32.3 Å². The molecule has 0 heterocycles. The normalized spacial score (nSPS) is 24.2. The van der Waals surface area contributed by atoms with Gasteiger partial charge in [-0.25, -0.2) is 0 Å². The van der Waals surface area contributed by atoms with E-state index in [-0.39, 0.29) is 0 Å². The first-order valence-electron chi connectivity index (χ1n) is 10.2. The summed E-state index contributed by atoms with van der Waals surface area (Å²) in [5.74, 6) is 0. The predicted molar refractivity (Wildman–Crippen MR) is 135 cm³/mol. The molecule has 0 aromatic rings. The highest BCUT2D eigenvalue weighted by Crippen LogP contribution is 2.40. The molecule has 1 rings (SSSR count). The molecule has 1 aliphatic carbocycles. The molecule has 0 atom stereocenters. The molecular weight excluding hydrogens is 377 g/mol. The molecule has 1 fully saturated rings. The van der Waals surface area contributed by atoms with Crippen molar-refractivity contribution in [3.05, 3.63) is 45.1 Å². The second-order valence-electron chi connectivity index (χ2n) is 12.5. The van der Waals surface area contributed by atoms with Gasteiger partial charge in [0.15, 0.2) is 0 Å². The third kappa shape index (κ3) is 9.67. The van der Waals surface area contributed by atoms with Crippen LogP contribution < -0.4 is 0 Å². The van der Waals surface area contributed by atoms with E-state index >= 15 is 0 Å². The van der Waals surface area contributed by atoms with Crippen molar-refractivity contribution in [3.63, 3.8) is 0 Å². The Kier molecular flexibility index (Phi) is 7.40. The molecule has 0 spiro atoms. The Bertz CT molecular complexity index is 520. The van der Waals surface area contributed by atoms with Crippen LogP contribution in [0.2, 0.25) is 78.6 Å². The SMILES string of the molecule is C[Si](C)(C)C=C1CC(=C[Si](C)(C)C)C(=C[Si](C)(C)C)CC1=C[Si](C)(C)C. The fraction of sp³-hybridized carbons (Fsp3) is 0.636. The zero-order valence-electron chi connectivity index (χ0n) is 19.7. The molecule has 0 nitrogen and oxygen atoms in total. The first kappa shape index (κ1) is 23.9. The van der Waals surface area contributed by atoms with Crippen LogP contribution in [0.1, 0.15) is 12.8 Å². The van der Waals surface area contributed by atoms with Crippen LogP contribution in [0.15, 0.2) is 45.1 Å². The van der Waals surface area contributed by atoms with Gasteiger partial charge in [0, 0.05) is 0 Å². The summed E-state index contributed by atoms with van der Waals surface area (Å²) >= 11 is 0. The van der Waals surface area contributed by atoms with Gasteiger partial charge in [-0.15, -0.1) is 0 Å². The number of allylic oxidation sites excluding steroid dienone is 4. The molecular formula is C22H44Si4. The van der Waals surface area contributed by atoms with Gasteiger partial charge < -0.3 is 0 Å². The highest BCUT2D eigenvalue weighted by atomic mass is 28.3. The third-order valence-corrected chi connectivity index (χ3v) is 8.87. The summed E-state index contributed by atoms with van der Waals surface area (Å²) in [6.07, 6.45) is 2.34. The molecule has 0 amide bonds. The minimum absolute atomic E-state index is 1.17. The highest BCUT2D eigenvalue weighted by molar-refractivity contribution is 6.82. The van der Waals surface area contributed by atoms with Gasteiger partial charge in [0.25, 0.3) is 0 Å². The van der Waals surface area contributed by atoms with Gasteiger partial charge in [0.05, 0.1) is 32.3 Å². The fourth-order valence-corrected chi connectivity index (χ4v) is 8.86. The van der Waals surface area contributed by atoms with Crippen LogP contribution in [0.4, 0.5) is 0 Å². The summed E-state index contributed by atoms with van der Waals surface area (Å²) in [6.45, 7) is 29.7. The molecule has 0 radical (unpaired) electrons. The van der Waals surface area contributed by atoms with E-state index in [4.69, 9.17) is 0 Å². The summed E-state index contributed by atoms with van der Waals surface area (Å²) < 4.78 is 0.